The standard InChI is InChI=1S/C17H14FN3O3S/c1-2-24-15(22)10-3-8-13-14(9-10)25-17(20-13)21-16(23)19-12-6-4-11(18)5-7-12/h3-9H,2H2,1H3,(H2,19,20,21,23). The molecule has 2 aromatic carbocycles. The number of hydrogen-bond acceptors (Lipinski definition) is 5. The van der Waals surface area contributed by atoms with Crippen LogP contribution in [0.5, 0.6) is 0 Å². The molecule has 0 aliphatic carbocycles. The molecule has 0 bridgehead atoms. The summed E-state index contributed by atoms with van der Waals surface area (Å²) in [6.45, 7) is 2.04. The molecule has 0 atom stereocenters. The Bertz CT molecular complexity index is 925. The molecule has 0 spiro atoms. The van der Waals surface area contributed by atoms with E-state index in [9.17, 15) is 14.0 Å². The number of fused-ring (bicyclic) bond motifs is 1. The number of amides is 2. The molecule has 0 saturated heterocycles. The normalized spacial score (nSPS) is 10.5. The summed E-state index contributed by atoms with van der Waals surface area (Å²) in [6, 6.07) is 9.93. The first-order valence-electron chi connectivity index (χ1n) is 7.46. The summed E-state index contributed by atoms with van der Waals surface area (Å²) in [6.07, 6.45) is 0. The molecule has 128 valence electrons. The van der Waals surface area contributed by atoms with Gasteiger partial charge in [0.2, 0.25) is 0 Å². The maximum atomic E-state index is 12.9. The molecule has 0 unspecified atom stereocenters. The van der Waals surface area contributed by atoms with Crippen LogP contribution < -0.4 is 10.6 Å². The van der Waals surface area contributed by atoms with E-state index in [1.807, 2.05) is 0 Å². The number of nitrogens with one attached hydrogen (secondary N) is 2. The number of carbonyl (C=O) groups is 2. The molecule has 2 amide bonds. The van der Waals surface area contributed by atoms with Crippen molar-refractivity contribution in [3.8, 4) is 0 Å². The van der Waals surface area contributed by atoms with E-state index in [1.165, 1.54) is 35.6 Å². The van der Waals surface area contributed by atoms with Crippen LogP contribution in [0.25, 0.3) is 10.2 Å². The Labute approximate surface area is 146 Å². The maximum absolute atomic E-state index is 12.9. The maximum Gasteiger partial charge on any atom is 0.338 e. The number of hydrogen-bond donors (Lipinski definition) is 2. The highest BCUT2D eigenvalue weighted by Crippen LogP contribution is 2.27. The van der Waals surface area contributed by atoms with Crippen molar-refractivity contribution in [2.75, 3.05) is 17.2 Å². The number of rotatable bonds is 4. The fourth-order valence-corrected chi connectivity index (χ4v) is 3.01. The lowest BCUT2D eigenvalue weighted by Crippen LogP contribution is -2.19. The summed E-state index contributed by atoms with van der Waals surface area (Å²) in [5, 5.41) is 5.58. The van der Waals surface area contributed by atoms with Gasteiger partial charge in [-0.25, -0.2) is 19.0 Å². The first kappa shape index (κ1) is 16.8. The zero-order chi connectivity index (χ0) is 17.8. The number of nitrogens with zero attached hydrogens (tertiary/aromatic N) is 1. The topological polar surface area (TPSA) is 80.3 Å². The van der Waals surface area contributed by atoms with Crippen molar-refractivity contribution in [2.45, 2.75) is 6.92 Å². The minimum absolute atomic E-state index is 0.302. The number of carbonyl (C=O) groups excluding carboxylic acids is 2. The third-order valence-electron chi connectivity index (χ3n) is 3.22. The zero-order valence-electron chi connectivity index (χ0n) is 13.2. The molecular weight excluding hydrogens is 345 g/mol. The summed E-state index contributed by atoms with van der Waals surface area (Å²) >= 11 is 1.24. The molecular formula is C17H14FN3O3S. The molecule has 1 heterocycles. The monoisotopic (exact) mass is 359 g/mol. The number of aromatic nitrogens is 1. The molecule has 25 heavy (non-hydrogen) atoms. The fourth-order valence-electron chi connectivity index (χ4n) is 2.11. The highest BCUT2D eigenvalue weighted by molar-refractivity contribution is 7.22. The highest BCUT2D eigenvalue weighted by Gasteiger charge is 2.12. The van der Waals surface area contributed by atoms with Gasteiger partial charge in [-0.3, -0.25) is 5.32 Å². The van der Waals surface area contributed by atoms with Crippen molar-refractivity contribution < 1.29 is 18.7 Å². The first-order chi connectivity index (χ1) is 12.0. The number of halogens is 1. The largest absolute Gasteiger partial charge is 0.462 e. The summed E-state index contributed by atoms with van der Waals surface area (Å²) in [4.78, 5) is 28.0. The number of ether oxygens (including phenoxy) is 1. The van der Waals surface area contributed by atoms with Crippen molar-refractivity contribution in [1.82, 2.24) is 4.98 Å². The Balaban J connectivity index is 1.72. The third kappa shape index (κ3) is 4.10. The second-order valence-electron chi connectivity index (χ2n) is 5.01. The van der Waals surface area contributed by atoms with Gasteiger partial charge >= 0.3 is 12.0 Å². The van der Waals surface area contributed by atoms with Gasteiger partial charge in [0.05, 0.1) is 22.4 Å². The molecule has 1 aromatic heterocycles. The second-order valence-corrected chi connectivity index (χ2v) is 6.04. The summed E-state index contributed by atoms with van der Waals surface area (Å²) < 4.78 is 18.6. The SMILES string of the molecule is CCOC(=O)c1ccc2nc(NC(=O)Nc3ccc(F)cc3)sc2c1. The van der Waals surface area contributed by atoms with E-state index in [4.69, 9.17) is 4.74 Å². The van der Waals surface area contributed by atoms with Crippen LogP contribution in [0.1, 0.15) is 17.3 Å². The van der Waals surface area contributed by atoms with Gasteiger partial charge in [-0.15, -0.1) is 0 Å². The predicted molar refractivity (Wildman–Crippen MR) is 94.6 cm³/mol. The van der Waals surface area contributed by atoms with Gasteiger partial charge in [0.1, 0.15) is 5.82 Å². The van der Waals surface area contributed by atoms with E-state index in [0.29, 0.717) is 28.5 Å². The van der Waals surface area contributed by atoms with Crippen molar-refractivity contribution in [3.05, 3.63) is 53.8 Å². The number of esters is 1. The third-order valence-corrected chi connectivity index (χ3v) is 4.16. The second kappa shape index (κ2) is 7.27. The summed E-state index contributed by atoms with van der Waals surface area (Å²) in [5.74, 6) is -0.782. The molecule has 6 nitrogen and oxygen atoms in total. The van der Waals surface area contributed by atoms with Crippen LogP contribution in [0.15, 0.2) is 42.5 Å². The summed E-state index contributed by atoms with van der Waals surface area (Å²) in [7, 11) is 0. The lowest BCUT2D eigenvalue weighted by molar-refractivity contribution is 0.0526. The molecule has 0 aliphatic rings. The Morgan fingerprint density at radius 3 is 2.64 bits per heavy atom. The minimum atomic E-state index is -0.490. The van der Waals surface area contributed by atoms with E-state index in [0.717, 1.165) is 4.70 Å². The molecule has 0 fully saturated rings. The first-order valence-corrected chi connectivity index (χ1v) is 8.28. The van der Waals surface area contributed by atoms with Crippen LogP contribution in [0, 0.1) is 5.82 Å². The zero-order valence-corrected chi connectivity index (χ0v) is 14.0. The van der Waals surface area contributed by atoms with Crippen LogP contribution in [-0.4, -0.2) is 23.6 Å². The Morgan fingerprint density at radius 2 is 1.92 bits per heavy atom. The molecule has 3 aromatic rings. The smallest absolute Gasteiger partial charge is 0.338 e. The van der Waals surface area contributed by atoms with E-state index < -0.39 is 12.0 Å². The van der Waals surface area contributed by atoms with Crippen LogP contribution in [0.2, 0.25) is 0 Å². The quantitative estimate of drug-likeness (QED) is 0.682. The van der Waals surface area contributed by atoms with Crippen molar-refractivity contribution >= 4 is 44.4 Å². The van der Waals surface area contributed by atoms with E-state index >= 15 is 0 Å². The van der Waals surface area contributed by atoms with Gasteiger partial charge in [0.15, 0.2) is 5.13 Å². The molecule has 2 N–H and O–H groups in total. The molecule has 0 radical (unpaired) electrons. The van der Waals surface area contributed by atoms with Crippen molar-refractivity contribution in [1.29, 1.82) is 0 Å². The van der Waals surface area contributed by atoms with Crippen molar-refractivity contribution in [2.24, 2.45) is 0 Å². The van der Waals surface area contributed by atoms with Gasteiger partial charge in [-0.2, -0.15) is 0 Å². The van der Waals surface area contributed by atoms with E-state index in [1.54, 1.807) is 25.1 Å². The Hall–Kier alpha value is -3.00. The minimum Gasteiger partial charge on any atom is -0.462 e. The number of thiazole rings is 1. The number of urea groups is 1. The van der Waals surface area contributed by atoms with Gasteiger partial charge in [0.25, 0.3) is 0 Å². The average Bonchev–Trinajstić information content (AvgIpc) is 2.98. The molecule has 0 saturated carbocycles. The van der Waals surface area contributed by atoms with E-state index in [-0.39, 0.29) is 5.82 Å². The number of anilines is 2. The van der Waals surface area contributed by atoms with Gasteiger partial charge < -0.3 is 10.1 Å². The predicted octanol–water partition coefficient (Wildman–Crippen LogP) is 4.26. The van der Waals surface area contributed by atoms with Crippen LogP contribution in [0.4, 0.5) is 20.0 Å². The molecule has 0 aliphatic heterocycles. The lowest BCUT2D eigenvalue weighted by atomic mass is 10.2. The van der Waals surface area contributed by atoms with Crippen LogP contribution >= 0.6 is 11.3 Å². The van der Waals surface area contributed by atoms with Gasteiger partial charge in [0, 0.05) is 5.69 Å². The highest BCUT2D eigenvalue weighted by atomic mass is 32.1. The molecule has 3 rings (SSSR count). The van der Waals surface area contributed by atoms with Crippen LogP contribution in [-0.2, 0) is 4.74 Å². The molecule has 8 heteroatoms. The Kier molecular flexibility index (Phi) is 4.90. The van der Waals surface area contributed by atoms with Crippen molar-refractivity contribution in [3.63, 3.8) is 0 Å². The lowest BCUT2D eigenvalue weighted by Gasteiger charge is -2.04. The average molecular weight is 359 g/mol. The fraction of sp³-hybridized carbons (Fsp3) is 0.118. The Morgan fingerprint density at radius 1 is 1.16 bits per heavy atom. The van der Waals surface area contributed by atoms with E-state index in [2.05, 4.69) is 15.6 Å². The number of benzene rings is 2. The van der Waals surface area contributed by atoms with Gasteiger partial charge in [-0.1, -0.05) is 11.3 Å². The van der Waals surface area contributed by atoms with Gasteiger partial charge in [-0.05, 0) is 49.4 Å². The van der Waals surface area contributed by atoms with Crippen LogP contribution in [0.3, 0.4) is 0 Å². The summed E-state index contributed by atoms with van der Waals surface area (Å²) in [5.41, 5.74) is 1.56.